The Bertz CT molecular complexity index is 1160. The Kier molecular flexibility index (Phi) is 9.34. The maximum atomic E-state index is 12.7. The minimum Gasteiger partial charge on any atom is -0.497 e. The van der Waals surface area contributed by atoms with E-state index in [0.717, 1.165) is 77.5 Å². The molecule has 1 fully saturated rings. The highest BCUT2D eigenvalue weighted by Gasteiger charge is 2.30. The fourth-order valence-electron chi connectivity index (χ4n) is 5.07. The van der Waals surface area contributed by atoms with Gasteiger partial charge in [-0.3, -0.25) is 4.98 Å². The standard InChI is InChI=1S/C28H33F3N2O3S/c1-36-22-5-8-26-25(16-22)24(10-12-32-26)27(35)9-2-19-11-13-33(17-20(19)18-34)14-15-37-23-6-3-21(4-7-23)28(29,30)31/h3-8,10,12,16,19-20,27,34-35H,2,9,11,13-15,17-18H2,1H3/t19-,20-,27+/m1/s1. The number of aliphatic hydroxyl groups is 2. The van der Waals surface area contributed by atoms with Crippen LogP contribution in [-0.2, 0) is 6.18 Å². The first kappa shape index (κ1) is 27.7. The molecule has 2 aromatic carbocycles. The molecule has 5 nitrogen and oxygen atoms in total. The summed E-state index contributed by atoms with van der Waals surface area (Å²) in [5.41, 5.74) is 1.02. The second-order valence-corrected chi connectivity index (χ2v) is 10.7. The molecule has 0 amide bonds. The fourth-order valence-corrected chi connectivity index (χ4v) is 5.98. The molecule has 4 rings (SSSR count). The van der Waals surface area contributed by atoms with E-state index < -0.39 is 17.8 Å². The molecule has 0 radical (unpaired) electrons. The number of likely N-dealkylation sites (tertiary alicyclic amines) is 1. The van der Waals surface area contributed by atoms with Crippen molar-refractivity contribution < 1.29 is 28.1 Å². The van der Waals surface area contributed by atoms with E-state index in [-0.39, 0.29) is 12.5 Å². The summed E-state index contributed by atoms with van der Waals surface area (Å²) < 4.78 is 43.5. The van der Waals surface area contributed by atoms with Gasteiger partial charge in [-0.05, 0) is 91.7 Å². The van der Waals surface area contributed by atoms with Crippen molar-refractivity contribution >= 4 is 22.7 Å². The maximum Gasteiger partial charge on any atom is 0.416 e. The normalized spacial score (nSPS) is 19.7. The van der Waals surface area contributed by atoms with E-state index in [1.54, 1.807) is 13.3 Å². The maximum absolute atomic E-state index is 12.7. The van der Waals surface area contributed by atoms with Crippen LogP contribution in [0.5, 0.6) is 5.75 Å². The second-order valence-electron chi connectivity index (χ2n) is 9.54. The van der Waals surface area contributed by atoms with Crippen molar-refractivity contribution in [2.75, 3.05) is 39.1 Å². The number of alkyl halides is 3. The molecule has 0 saturated carbocycles. The van der Waals surface area contributed by atoms with Gasteiger partial charge in [0.2, 0.25) is 0 Å². The third kappa shape index (κ3) is 7.16. The van der Waals surface area contributed by atoms with Crippen LogP contribution in [0.25, 0.3) is 10.9 Å². The average molecular weight is 535 g/mol. The van der Waals surface area contributed by atoms with Crippen LogP contribution < -0.4 is 4.74 Å². The summed E-state index contributed by atoms with van der Waals surface area (Å²) in [4.78, 5) is 7.52. The lowest BCUT2D eigenvalue weighted by atomic mass is 9.81. The van der Waals surface area contributed by atoms with E-state index in [1.807, 2.05) is 24.3 Å². The Hall–Kier alpha value is -2.33. The highest BCUT2D eigenvalue weighted by molar-refractivity contribution is 7.99. The zero-order chi connectivity index (χ0) is 26.4. The molecule has 0 bridgehead atoms. The van der Waals surface area contributed by atoms with E-state index in [0.29, 0.717) is 12.3 Å². The van der Waals surface area contributed by atoms with Gasteiger partial charge in [0.25, 0.3) is 0 Å². The lowest BCUT2D eigenvalue weighted by Gasteiger charge is -2.38. The number of ether oxygens (including phenoxy) is 1. The first-order chi connectivity index (χ1) is 17.8. The summed E-state index contributed by atoms with van der Waals surface area (Å²) in [5.74, 6) is 1.94. The highest BCUT2D eigenvalue weighted by atomic mass is 32.2. The van der Waals surface area contributed by atoms with Crippen LogP contribution in [0.3, 0.4) is 0 Å². The minimum absolute atomic E-state index is 0.0959. The van der Waals surface area contributed by atoms with Gasteiger partial charge in [0.05, 0.1) is 24.3 Å². The van der Waals surface area contributed by atoms with Crippen LogP contribution in [0.1, 0.15) is 36.5 Å². The molecular formula is C28H33F3N2O3S. The van der Waals surface area contributed by atoms with Gasteiger partial charge in [0, 0.05) is 41.9 Å². The van der Waals surface area contributed by atoms with Crippen molar-refractivity contribution in [3.8, 4) is 5.75 Å². The zero-order valence-corrected chi connectivity index (χ0v) is 21.6. The number of piperidine rings is 1. The number of methoxy groups -OCH3 is 1. The molecule has 2 heterocycles. The van der Waals surface area contributed by atoms with Gasteiger partial charge in [-0.2, -0.15) is 13.2 Å². The van der Waals surface area contributed by atoms with Crippen LogP contribution in [-0.4, -0.2) is 59.2 Å². The first-order valence-corrected chi connectivity index (χ1v) is 13.5. The van der Waals surface area contributed by atoms with Gasteiger partial charge in [-0.1, -0.05) is 0 Å². The molecule has 3 atom stereocenters. The number of hydrogen-bond acceptors (Lipinski definition) is 6. The van der Waals surface area contributed by atoms with E-state index >= 15 is 0 Å². The monoisotopic (exact) mass is 534 g/mol. The summed E-state index contributed by atoms with van der Waals surface area (Å²) in [6.07, 6.45) is -0.883. The molecule has 37 heavy (non-hydrogen) atoms. The SMILES string of the molecule is COc1ccc2nccc([C@@H](O)CC[C@@H]3CCN(CCSc4ccc(C(F)(F)F)cc4)C[C@@H]3CO)c2c1. The number of hydrogen-bond donors (Lipinski definition) is 2. The molecule has 1 aromatic heterocycles. The largest absolute Gasteiger partial charge is 0.497 e. The van der Waals surface area contributed by atoms with Crippen molar-refractivity contribution in [1.82, 2.24) is 9.88 Å². The second kappa shape index (κ2) is 12.5. The highest BCUT2D eigenvalue weighted by Crippen LogP contribution is 2.34. The van der Waals surface area contributed by atoms with Crippen LogP contribution in [0.2, 0.25) is 0 Å². The molecule has 0 spiro atoms. The third-order valence-corrected chi connectivity index (χ3v) is 8.21. The summed E-state index contributed by atoms with van der Waals surface area (Å²) >= 11 is 1.54. The van der Waals surface area contributed by atoms with Crippen LogP contribution >= 0.6 is 11.8 Å². The number of benzene rings is 2. The van der Waals surface area contributed by atoms with Crippen molar-refractivity contribution in [3.05, 3.63) is 65.9 Å². The predicted molar refractivity (Wildman–Crippen MR) is 140 cm³/mol. The van der Waals surface area contributed by atoms with Gasteiger partial charge in [-0.15, -0.1) is 11.8 Å². The van der Waals surface area contributed by atoms with Gasteiger partial charge in [0.15, 0.2) is 0 Å². The third-order valence-electron chi connectivity index (χ3n) is 7.22. The number of pyridine rings is 1. The lowest BCUT2D eigenvalue weighted by molar-refractivity contribution is -0.137. The van der Waals surface area contributed by atoms with E-state index in [1.165, 1.54) is 23.9 Å². The molecule has 0 unspecified atom stereocenters. The number of nitrogens with zero attached hydrogens (tertiary/aromatic N) is 2. The number of halogens is 3. The van der Waals surface area contributed by atoms with Crippen LogP contribution in [0, 0.1) is 11.8 Å². The molecule has 9 heteroatoms. The fraction of sp³-hybridized carbons (Fsp3) is 0.464. The van der Waals surface area contributed by atoms with Crippen molar-refractivity contribution in [2.24, 2.45) is 11.8 Å². The van der Waals surface area contributed by atoms with Crippen LogP contribution in [0.4, 0.5) is 13.2 Å². The Morgan fingerprint density at radius 2 is 1.92 bits per heavy atom. The predicted octanol–water partition coefficient (Wildman–Crippen LogP) is 5.80. The molecule has 200 valence electrons. The zero-order valence-electron chi connectivity index (χ0n) is 20.8. The topological polar surface area (TPSA) is 65.8 Å². The summed E-state index contributed by atoms with van der Waals surface area (Å²) in [7, 11) is 1.61. The average Bonchev–Trinajstić information content (AvgIpc) is 2.91. The van der Waals surface area contributed by atoms with Crippen molar-refractivity contribution in [3.63, 3.8) is 0 Å². The molecule has 2 N–H and O–H groups in total. The van der Waals surface area contributed by atoms with E-state index in [2.05, 4.69) is 9.88 Å². The van der Waals surface area contributed by atoms with Crippen molar-refractivity contribution in [1.29, 1.82) is 0 Å². The molecule has 1 aliphatic rings. The Labute approximate surface area is 219 Å². The number of aliphatic hydroxyl groups excluding tert-OH is 2. The Balaban J connectivity index is 1.27. The number of rotatable bonds is 10. The summed E-state index contributed by atoms with van der Waals surface area (Å²) in [5, 5.41) is 21.9. The van der Waals surface area contributed by atoms with Crippen LogP contribution in [0.15, 0.2) is 59.6 Å². The first-order valence-electron chi connectivity index (χ1n) is 12.5. The minimum atomic E-state index is -4.32. The lowest BCUT2D eigenvalue weighted by Crippen LogP contribution is -2.43. The quantitative estimate of drug-likeness (QED) is 0.321. The van der Waals surface area contributed by atoms with Crippen molar-refractivity contribution in [2.45, 2.75) is 36.4 Å². The van der Waals surface area contributed by atoms with Gasteiger partial charge in [-0.25, -0.2) is 0 Å². The van der Waals surface area contributed by atoms with E-state index in [4.69, 9.17) is 4.74 Å². The Morgan fingerprint density at radius 1 is 1.14 bits per heavy atom. The molecular weight excluding hydrogens is 501 g/mol. The molecule has 1 saturated heterocycles. The number of thioether (sulfide) groups is 1. The molecule has 0 aliphatic carbocycles. The molecule has 1 aliphatic heterocycles. The summed E-state index contributed by atoms with van der Waals surface area (Å²) in [6, 6.07) is 12.8. The number of fused-ring (bicyclic) bond motifs is 1. The van der Waals surface area contributed by atoms with Gasteiger partial charge >= 0.3 is 6.18 Å². The van der Waals surface area contributed by atoms with E-state index in [9.17, 15) is 23.4 Å². The smallest absolute Gasteiger partial charge is 0.416 e. The van der Waals surface area contributed by atoms with Gasteiger partial charge in [0.1, 0.15) is 5.75 Å². The Morgan fingerprint density at radius 3 is 2.62 bits per heavy atom. The molecule has 3 aromatic rings. The van der Waals surface area contributed by atoms with Gasteiger partial charge < -0.3 is 19.8 Å². The summed E-state index contributed by atoms with van der Waals surface area (Å²) in [6.45, 7) is 2.58. The number of aromatic nitrogens is 1.